The number of hydrogen-bond donors (Lipinski definition) is 2. The fourth-order valence-corrected chi connectivity index (χ4v) is 2.11. The third-order valence-corrected chi connectivity index (χ3v) is 3.12. The van der Waals surface area contributed by atoms with Crippen molar-refractivity contribution in [2.24, 2.45) is 0 Å². The summed E-state index contributed by atoms with van der Waals surface area (Å²) >= 11 is 5.89. The number of phenols is 1. The highest BCUT2D eigenvalue weighted by Gasteiger charge is 2.16. The van der Waals surface area contributed by atoms with Crippen LogP contribution in [0.2, 0.25) is 5.02 Å². The van der Waals surface area contributed by atoms with Gasteiger partial charge in [0.15, 0.2) is 5.75 Å². The van der Waals surface area contributed by atoms with E-state index < -0.39 is 4.92 Å². The number of aromatic amines is 1. The van der Waals surface area contributed by atoms with Crippen LogP contribution in [0.5, 0.6) is 5.75 Å². The lowest BCUT2D eigenvalue weighted by Gasteiger charge is -1.99. The summed E-state index contributed by atoms with van der Waals surface area (Å²) < 4.78 is 0. The van der Waals surface area contributed by atoms with Crippen LogP contribution in [0.1, 0.15) is 0 Å². The fourth-order valence-electron chi connectivity index (χ4n) is 1.94. The molecule has 0 bridgehead atoms. The number of nitro groups is 1. The molecule has 0 spiro atoms. The molecule has 7 heteroatoms. The van der Waals surface area contributed by atoms with Crippen molar-refractivity contribution in [3.8, 4) is 17.1 Å². The molecule has 0 unspecified atom stereocenters. The van der Waals surface area contributed by atoms with Gasteiger partial charge < -0.3 is 10.1 Å². The van der Waals surface area contributed by atoms with E-state index in [0.717, 1.165) is 5.52 Å². The summed E-state index contributed by atoms with van der Waals surface area (Å²) in [6, 6.07) is 9.30. The van der Waals surface area contributed by atoms with Crippen molar-refractivity contribution in [1.82, 2.24) is 9.97 Å². The molecule has 2 N–H and O–H groups in total. The Morgan fingerprint density at radius 3 is 2.80 bits per heavy atom. The lowest BCUT2D eigenvalue weighted by Crippen LogP contribution is -1.90. The number of aromatic hydroxyl groups is 1. The molecule has 3 rings (SSSR count). The lowest BCUT2D eigenvalue weighted by molar-refractivity contribution is -0.385. The Bertz CT molecular complexity index is 829. The average Bonchev–Trinajstić information content (AvgIpc) is 2.81. The first kappa shape index (κ1) is 12.4. The van der Waals surface area contributed by atoms with Crippen LogP contribution in [0.4, 0.5) is 5.69 Å². The molecular weight excluding hydrogens is 282 g/mol. The summed E-state index contributed by atoms with van der Waals surface area (Å²) in [6.07, 6.45) is 0. The van der Waals surface area contributed by atoms with E-state index in [1.165, 1.54) is 12.1 Å². The van der Waals surface area contributed by atoms with Gasteiger partial charge >= 0.3 is 5.69 Å². The van der Waals surface area contributed by atoms with E-state index in [1.807, 2.05) is 0 Å². The van der Waals surface area contributed by atoms with Crippen LogP contribution in [0.3, 0.4) is 0 Å². The van der Waals surface area contributed by atoms with Crippen molar-refractivity contribution in [2.45, 2.75) is 0 Å². The Hall–Kier alpha value is -2.60. The van der Waals surface area contributed by atoms with Gasteiger partial charge in [-0.05, 0) is 30.3 Å². The highest BCUT2D eigenvalue weighted by Crippen LogP contribution is 2.31. The maximum atomic E-state index is 10.8. The van der Waals surface area contributed by atoms with Gasteiger partial charge in [0.05, 0.1) is 16.0 Å². The van der Waals surface area contributed by atoms with Crippen molar-refractivity contribution in [3.05, 3.63) is 51.5 Å². The topological polar surface area (TPSA) is 92.0 Å². The zero-order valence-electron chi connectivity index (χ0n) is 10.0. The van der Waals surface area contributed by atoms with Crippen LogP contribution in [0.25, 0.3) is 22.4 Å². The third kappa shape index (κ3) is 2.06. The predicted octanol–water partition coefficient (Wildman–Crippen LogP) is 3.50. The normalized spacial score (nSPS) is 10.8. The number of nitro benzene ring substituents is 1. The molecular formula is C13H8ClN3O3. The summed E-state index contributed by atoms with van der Waals surface area (Å²) in [7, 11) is 0. The van der Waals surface area contributed by atoms with E-state index in [2.05, 4.69) is 9.97 Å². The molecule has 0 fully saturated rings. The van der Waals surface area contributed by atoms with Gasteiger partial charge in [-0.15, -0.1) is 0 Å². The average molecular weight is 290 g/mol. The largest absolute Gasteiger partial charge is 0.502 e. The molecule has 20 heavy (non-hydrogen) atoms. The van der Waals surface area contributed by atoms with Crippen LogP contribution < -0.4 is 0 Å². The molecule has 0 amide bonds. The summed E-state index contributed by atoms with van der Waals surface area (Å²) in [4.78, 5) is 17.6. The SMILES string of the molecule is O=[N+]([O-])c1cc(-c2nc3ccc(Cl)cc3[nH]2)ccc1O. The van der Waals surface area contributed by atoms with Gasteiger partial charge in [0.2, 0.25) is 0 Å². The van der Waals surface area contributed by atoms with Gasteiger partial charge in [-0.2, -0.15) is 0 Å². The first-order valence-electron chi connectivity index (χ1n) is 5.67. The molecule has 0 atom stereocenters. The standard InChI is InChI=1S/C13H8ClN3O3/c14-8-2-3-9-10(6-8)16-13(15-9)7-1-4-12(18)11(5-7)17(19)20/h1-6,18H,(H,15,16). The first-order valence-corrected chi connectivity index (χ1v) is 6.05. The highest BCUT2D eigenvalue weighted by molar-refractivity contribution is 6.31. The molecule has 1 aromatic heterocycles. The van der Waals surface area contributed by atoms with Crippen molar-refractivity contribution in [2.75, 3.05) is 0 Å². The number of benzene rings is 2. The molecule has 3 aromatic rings. The van der Waals surface area contributed by atoms with Gasteiger partial charge in [-0.3, -0.25) is 10.1 Å². The Morgan fingerprint density at radius 1 is 1.25 bits per heavy atom. The molecule has 0 aliphatic rings. The minimum absolute atomic E-state index is 0.360. The number of rotatable bonds is 2. The van der Waals surface area contributed by atoms with E-state index in [4.69, 9.17) is 11.6 Å². The Labute approximate surface area is 117 Å². The smallest absolute Gasteiger partial charge is 0.311 e. The molecule has 0 radical (unpaired) electrons. The van der Waals surface area contributed by atoms with E-state index in [0.29, 0.717) is 21.9 Å². The zero-order valence-corrected chi connectivity index (χ0v) is 10.8. The summed E-state index contributed by atoms with van der Waals surface area (Å²) in [5.41, 5.74) is 1.60. The number of hydrogen-bond acceptors (Lipinski definition) is 4. The summed E-state index contributed by atoms with van der Waals surface area (Å²) in [5, 5.41) is 20.8. The van der Waals surface area contributed by atoms with Gasteiger partial charge in [-0.25, -0.2) is 4.98 Å². The fraction of sp³-hybridized carbons (Fsp3) is 0. The van der Waals surface area contributed by atoms with Crippen molar-refractivity contribution in [3.63, 3.8) is 0 Å². The second kappa shape index (κ2) is 4.50. The Kier molecular flexibility index (Phi) is 2.80. The molecule has 0 saturated carbocycles. The number of aromatic nitrogens is 2. The molecule has 0 saturated heterocycles. The third-order valence-electron chi connectivity index (χ3n) is 2.89. The second-order valence-corrected chi connectivity index (χ2v) is 4.64. The summed E-state index contributed by atoms with van der Waals surface area (Å²) in [5.74, 6) is 0.100. The Morgan fingerprint density at radius 2 is 2.05 bits per heavy atom. The van der Waals surface area contributed by atoms with Crippen LogP contribution >= 0.6 is 11.6 Å². The van der Waals surface area contributed by atoms with E-state index in [-0.39, 0.29) is 11.4 Å². The minimum Gasteiger partial charge on any atom is -0.502 e. The number of H-pyrrole nitrogens is 1. The van der Waals surface area contributed by atoms with E-state index in [9.17, 15) is 15.2 Å². The van der Waals surface area contributed by atoms with Gasteiger partial charge in [0.25, 0.3) is 0 Å². The lowest BCUT2D eigenvalue weighted by atomic mass is 10.2. The number of phenolic OH excluding ortho intramolecular Hbond substituents is 1. The van der Waals surface area contributed by atoms with Gasteiger partial charge in [0.1, 0.15) is 5.82 Å². The van der Waals surface area contributed by atoms with Gasteiger partial charge in [0, 0.05) is 16.7 Å². The summed E-state index contributed by atoms with van der Waals surface area (Å²) in [6.45, 7) is 0. The molecule has 2 aromatic carbocycles. The van der Waals surface area contributed by atoms with Crippen molar-refractivity contribution >= 4 is 28.3 Å². The van der Waals surface area contributed by atoms with Crippen molar-refractivity contribution in [1.29, 1.82) is 0 Å². The maximum Gasteiger partial charge on any atom is 0.311 e. The molecule has 100 valence electrons. The van der Waals surface area contributed by atoms with Crippen LogP contribution in [-0.4, -0.2) is 20.0 Å². The number of nitrogens with zero attached hydrogens (tertiary/aromatic N) is 2. The molecule has 0 aliphatic heterocycles. The highest BCUT2D eigenvalue weighted by atomic mass is 35.5. The molecule has 0 aliphatic carbocycles. The molecule has 6 nitrogen and oxygen atoms in total. The van der Waals surface area contributed by atoms with E-state index in [1.54, 1.807) is 24.3 Å². The zero-order chi connectivity index (χ0) is 14.3. The van der Waals surface area contributed by atoms with Crippen molar-refractivity contribution < 1.29 is 10.0 Å². The maximum absolute atomic E-state index is 10.8. The van der Waals surface area contributed by atoms with Crippen LogP contribution in [0, 0.1) is 10.1 Å². The number of fused-ring (bicyclic) bond motifs is 1. The first-order chi connectivity index (χ1) is 9.54. The predicted molar refractivity (Wildman–Crippen MR) is 74.9 cm³/mol. The quantitative estimate of drug-likeness (QED) is 0.558. The Balaban J connectivity index is 2.15. The van der Waals surface area contributed by atoms with Crippen LogP contribution in [-0.2, 0) is 0 Å². The van der Waals surface area contributed by atoms with Crippen LogP contribution in [0.15, 0.2) is 36.4 Å². The number of halogens is 1. The number of nitrogens with one attached hydrogen (secondary N) is 1. The van der Waals surface area contributed by atoms with E-state index >= 15 is 0 Å². The second-order valence-electron chi connectivity index (χ2n) is 4.21. The minimum atomic E-state index is -0.641. The monoisotopic (exact) mass is 289 g/mol. The molecule has 1 heterocycles. The van der Waals surface area contributed by atoms with Gasteiger partial charge in [-0.1, -0.05) is 11.6 Å². The number of imidazole rings is 1.